The van der Waals surface area contributed by atoms with Gasteiger partial charge in [-0.1, -0.05) is 12.1 Å². The summed E-state index contributed by atoms with van der Waals surface area (Å²) in [6.45, 7) is 0.579. The minimum atomic E-state index is -4.38. The second-order valence-electron chi connectivity index (χ2n) is 5.55. The number of nitrogens with two attached hydrogens (primary N) is 1. The summed E-state index contributed by atoms with van der Waals surface area (Å²) < 4.78 is 40.9. The van der Waals surface area contributed by atoms with Crippen LogP contribution >= 0.6 is 27.3 Å². The van der Waals surface area contributed by atoms with E-state index in [1.54, 1.807) is 6.07 Å². The fourth-order valence-corrected chi connectivity index (χ4v) is 4.29. The van der Waals surface area contributed by atoms with Crippen molar-refractivity contribution in [2.75, 3.05) is 6.54 Å². The Balaban J connectivity index is 2.19. The minimum absolute atomic E-state index is 0.160. The van der Waals surface area contributed by atoms with Crippen molar-refractivity contribution in [2.45, 2.75) is 25.4 Å². The minimum Gasteiger partial charge on any atom is -0.353 e. The summed E-state index contributed by atoms with van der Waals surface area (Å²) in [5.41, 5.74) is 6.79. The van der Waals surface area contributed by atoms with E-state index in [0.29, 0.717) is 18.4 Å². The van der Waals surface area contributed by atoms with Crippen molar-refractivity contribution in [1.29, 1.82) is 0 Å². The fraction of sp³-hybridized carbons (Fsp3) is 0.294. The van der Waals surface area contributed by atoms with Crippen LogP contribution < -0.4 is 5.73 Å². The molecule has 7 heteroatoms. The second kappa shape index (κ2) is 6.90. The molecule has 24 heavy (non-hydrogen) atoms. The molecular weight excluding hydrogens is 401 g/mol. The van der Waals surface area contributed by atoms with Crippen LogP contribution in [0.25, 0.3) is 21.5 Å². The Hall–Kier alpha value is -1.31. The van der Waals surface area contributed by atoms with Crippen LogP contribution in [0.2, 0.25) is 0 Å². The highest BCUT2D eigenvalue weighted by molar-refractivity contribution is 9.11. The molecule has 2 nitrogen and oxygen atoms in total. The first-order chi connectivity index (χ1) is 11.4. The maximum Gasteiger partial charge on any atom is 0.418 e. The molecule has 0 radical (unpaired) electrons. The smallest absolute Gasteiger partial charge is 0.353 e. The van der Waals surface area contributed by atoms with E-state index in [0.717, 1.165) is 38.8 Å². The number of benzene rings is 1. The lowest BCUT2D eigenvalue weighted by molar-refractivity contribution is -0.136. The molecule has 3 N–H and O–H groups in total. The summed E-state index contributed by atoms with van der Waals surface area (Å²) in [4.78, 5) is 3.96. The molecule has 1 aromatic carbocycles. The molecule has 0 saturated heterocycles. The Morgan fingerprint density at radius 3 is 2.54 bits per heavy atom. The number of hydrogen-bond donors (Lipinski definition) is 2. The van der Waals surface area contributed by atoms with E-state index in [4.69, 9.17) is 5.73 Å². The van der Waals surface area contributed by atoms with Gasteiger partial charge in [0.1, 0.15) is 0 Å². The quantitative estimate of drug-likeness (QED) is 0.495. The van der Waals surface area contributed by atoms with E-state index >= 15 is 0 Å². The van der Waals surface area contributed by atoms with E-state index in [-0.39, 0.29) is 5.52 Å². The van der Waals surface area contributed by atoms with Gasteiger partial charge < -0.3 is 10.7 Å². The Labute approximate surface area is 150 Å². The molecule has 0 aliphatic rings. The van der Waals surface area contributed by atoms with Crippen LogP contribution in [-0.2, 0) is 12.6 Å². The average molecular weight is 417 g/mol. The molecule has 2 aromatic heterocycles. The normalized spacial score (nSPS) is 12.2. The van der Waals surface area contributed by atoms with Gasteiger partial charge in [0.25, 0.3) is 0 Å². The number of unbranched alkanes of at least 4 members (excludes halogenated alkanes) is 1. The van der Waals surface area contributed by atoms with E-state index in [9.17, 15) is 13.2 Å². The van der Waals surface area contributed by atoms with Crippen LogP contribution in [0.1, 0.15) is 24.0 Å². The number of aryl methyl sites for hydroxylation is 1. The van der Waals surface area contributed by atoms with Crippen molar-refractivity contribution < 1.29 is 13.2 Å². The number of fused-ring (bicyclic) bond motifs is 1. The van der Waals surface area contributed by atoms with Crippen LogP contribution in [-0.4, -0.2) is 11.5 Å². The Morgan fingerprint density at radius 1 is 1.12 bits per heavy atom. The first-order valence-electron chi connectivity index (χ1n) is 7.58. The van der Waals surface area contributed by atoms with Gasteiger partial charge in [-0.3, -0.25) is 0 Å². The molecular formula is C17H16BrF3N2S. The maximum atomic E-state index is 13.3. The van der Waals surface area contributed by atoms with Crippen molar-refractivity contribution in [3.05, 3.63) is 45.2 Å². The molecule has 3 aromatic rings. The van der Waals surface area contributed by atoms with Crippen molar-refractivity contribution in [2.24, 2.45) is 5.73 Å². The van der Waals surface area contributed by atoms with Crippen LogP contribution in [0, 0.1) is 0 Å². The molecule has 128 valence electrons. The number of alkyl halides is 3. The Bertz CT molecular complexity index is 851. The number of nitrogens with one attached hydrogen (secondary N) is 1. The highest BCUT2D eigenvalue weighted by Gasteiger charge is 2.34. The number of H-pyrrole nitrogens is 1. The molecule has 2 heterocycles. The number of para-hydroxylation sites is 1. The molecule has 0 aliphatic heterocycles. The van der Waals surface area contributed by atoms with Gasteiger partial charge in [0.2, 0.25) is 0 Å². The van der Waals surface area contributed by atoms with Crippen LogP contribution in [0.4, 0.5) is 13.2 Å². The van der Waals surface area contributed by atoms with Crippen molar-refractivity contribution in [3.8, 4) is 10.6 Å². The van der Waals surface area contributed by atoms with Gasteiger partial charge in [0.15, 0.2) is 0 Å². The third kappa shape index (κ3) is 3.38. The van der Waals surface area contributed by atoms with Crippen molar-refractivity contribution >= 4 is 38.2 Å². The predicted octanol–water partition coefficient (Wildman–Crippen LogP) is 5.96. The lowest BCUT2D eigenvalue weighted by atomic mass is 10.0. The van der Waals surface area contributed by atoms with E-state index in [1.165, 1.54) is 17.4 Å². The summed E-state index contributed by atoms with van der Waals surface area (Å²) in [5, 5.41) is 0.640. The third-order valence-corrected chi connectivity index (χ3v) is 5.59. The molecule has 0 atom stereocenters. The molecule has 0 amide bonds. The van der Waals surface area contributed by atoms with Gasteiger partial charge in [-0.2, -0.15) is 13.2 Å². The zero-order valence-electron chi connectivity index (χ0n) is 12.7. The topological polar surface area (TPSA) is 41.8 Å². The number of aromatic nitrogens is 1. The summed E-state index contributed by atoms with van der Waals surface area (Å²) in [6.07, 6.45) is -1.99. The van der Waals surface area contributed by atoms with Gasteiger partial charge in [-0.05, 0) is 65.5 Å². The van der Waals surface area contributed by atoms with E-state index in [1.807, 2.05) is 12.1 Å². The first kappa shape index (κ1) is 17.5. The predicted molar refractivity (Wildman–Crippen MR) is 96.3 cm³/mol. The molecule has 0 unspecified atom stereocenters. The largest absolute Gasteiger partial charge is 0.418 e. The van der Waals surface area contributed by atoms with Gasteiger partial charge >= 0.3 is 6.18 Å². The van der Waals surface area contributed by atoms with Gasteiger partial charge in [0.05, 0.1) is 25.4 Å². The number of thiophene rings is 1. The third-order valence-electron chi connectivity index (χ3n) is 3.95. The van der Waals surface area contributed by atoms with Crippen LogP contribution in [0.15, 0.2) is 34.1 Å². The Kier molecular flexibility index (Phi) is 5.03. The van der Waals surface area contributed by atoms with Crippen LogP contribution in [0.3, 0.4) is 0 Å². The van der Waals surface area contributed by atoms with Crippen LogP contribution in [0.5, 0.6) is 0 Å². The molecule has 0 fully saturated rings. The molecule has 0 aliphatic carbocycles. The van der Waals surface area contributed by atoms with E-state index < -0.39 is 11.7 Å². The standard InChI is InChI=1S/C17H16BrF3N2S/c18-14-8-7-13(24-14)16-11(4-1-2-9-22)10-5-3-6-12(15(10)23-16)17(19,20)21/h3,5-8,23H,1-2,4,9,22H2. The number of rotatable bonds is 5. The molecule has 3 rings (SSSR count). The number of halogens is 4. The summed E-state index contributed by atoms with van der Waals surface area (Å²) in [5.74, 6) is 0. The zero-order chi connectivity index (χ0) is 17.3. The molecule has 0 saturated carbocycles. The summed E-state index contributed by atoms with van der Waals surface area (Å²) in [6, 6.07) is 8.17. The maximum absolute atomic E-state index is 13.3. The highest BCUT2D eigenvalue weighted by Crippen LogP contribution is 2.41. The van der Waals surface area contributed by atoms with Crippen molar-refractivity contribution in [1.82, 2.24) is 4.98 Å². The Morgan fingerprint density at radius 2 is 1.92 bits per heavy atom. The van der Waals surface area contributed by atoms with Gasteiger partial charge in [-0.15, -0.1) is 11.3 Å². The van der Waals surface area contributed by atoms with Crippen molar-refractivity contribution in [3.63, 3.8) is 0 Å². The second-order valence-corrected chi connectivity index (χ2v) is 8.02. The summed E-state index contributed by atoms with van der Waals surface area (Å²) in [7, 11) is 0. The lowest BCUT2D eigenvalue weighted by Crippen LogP contribution is -2.05. The lowest BCUT2D eigenvalue weighted by Gasteiger charge is -2.07. The van der Waals surface area contributed by atoms with E-state index in [2.05, 4.69) is 20.9 Å². The monoisotopic (exact) mass is 416 g/mol. The highest BCUT2D eigenvalue weighted by atomic mass is 79.9. The van der Waals surface area contributed by atoms with Gasteiger partial charge in [0, 0.05) is 5.39 Å². The fourth-order valence-electron chi connectivity index (χ4n) is 2.87. The average Bonchev–Trinajstić information content (AvgIpc) is 3.10. The zero-order valence-corrected chi connectivity index (χ0v) is 15.1. The number of hydrogen-bond acceptors (Lipinski definition) is 2. The molecule has 0 bridgehead atoms. The first-order valence-corrected chi connectivity index (χ1v) is 9.19. The molecule has 0 spiro atoms. The van der Waals surface area contributed by atoms with Gasteiger partial charge in [-0.25, -0.2) is 0 Å². The summed E-state index contributed by atoms with van der Waals surface area (Å²) >= 11 is 4.92. The SMILES string of the molecule is NCCCCc1c(-c2ccc(Br)s2)[nH]c2c(C(F)(F)F)cccc12. The number of aromatic amines is 1.